The number of halogens is 4. The number of carbonyl (C=O) groups excluding carboxylic acids is 3. The fraction of sp³-hybridized carbons (Fsp3) is 0.286. The van der Waals surface area contributed by atoms with Crippen LogP contribution in [0.5, 0.6) is 5.75 Å². The number of pyridine rings is 1. The highest BCUT2D eigenvalue weighted by atomic mass is 35.5. The highest BCUT2D eigenvalue weighted by Crippen LogP contribution is 2.31. The lowest BCUT2D eigenvalue weighted by Gasteiger charge is -2.26. The Morgan fingerprint density at radius 2 is 1.68 bits per heavy atom. The monoisotopic (exact) mass is 610 g/mol. The first kappa shape index (κ1) is 33.0. The fourth-order valence-electron chi connectivity index (χ4n) is 4.06. The predicted octanol–water partition coefficient (Wildman–Crippen LogP) is 6.31. The standard InChI is InChI=1S/C28H28ClFN4O4.2ClH/c1-28(2,31)16-3-10-21(24(13-16)38-20-8-6-19(35)7-9-20)26(36)33-23-11-5-18(30)14-22(23)27(37)34-25-12-4-17(29)15-32-25;;/h3-5,10-15,20H,6-9,31H2,1-2H3,(H,33,36)(H,32,34,37);2*1H. The van der Waals surface area contributed by atoms with Gasteiger partial charge >= 0.3 is 0 Å². The van der Waals surface area contributed by atoms with Crippen LogP contribution in [0.25, 0.3) is 0 Å². The molecule has 1 fully saturated rings. The minimum atomic E-state index is -0.687. The second-order valence-corrected chi connectivity index (χ2v) is 10.2. The summed E-state index contributed by atoms with van der Waals surface area (Å²) in [5, 5.41) is 5.66. The Balaban J connectivity index is 0.00000280. The second-order valence-electron chi connectivity index (χ2n) is 9.75. The van der Waals surface area contributed by atoms with Gasteiger partial charge in [-0.1, -0.05) is 17.7 Å². The molecule has 8 nitrogen and oxygen atoms in total. The van der Waals surface area contributed by atoms with Crippen molar-refractivity contribution in [2.45, 2.75) is 51.2 Å². The highest BCUT2D eigenvalue weighted by Gasteiger charge is 2.25. The van der Waals surface area contributed by atoms with E-state index in [0.717, 1.165) is 17.7 Å². The van der Waals surface area contributed by atoms with Crippen LogP contribution in [0, 0.1) is 5.82 Å². The van der Waals surface area contributed by atoms with Crippen molar-refractivity contribution < 1.29 is 23.5 Å². The van der Waals surface area contributed by atoms with Crippen LogP contribution in [0.1, 0.15) is 65.8 Å². The molecule has 1 aliphatic carbocycles. The van der Waals surface area contributed by atoms with Crippen LogP contribution in [0.15, 0.2) is 54.7 Å². The molecule has 2 aromatic carbocycles. The topological polar surface area (TPSA) is 123 Å². The van der Waals surface area contributed by atoms with Crippen LogP contribution in [0.2, 0.25) is 5.02 Å². The Hall–Kier alpha value is -3.24. The van der Waals surface area contributed by atoms with Gasteiger partial charge in [-0.15, -0.1) is 24.8 Å². The number of hydrogen-bond donors (Lipinski definition) is 3. The molecule has 4 N–H and O–H groups in total. The smallest absolute Gasteiger partial charge is 0.259 e. The maximum atomic E-state index is 14.1. The van der Waals surface area contributed by atoms with E-state index >= 15 is 0 Å². The van der Waals surface area contributed by atoms with E-state index in [4.69, 9.17) is 22.1 Å². The van der Waals surface area contributed by atoms with E-state index in [1.807, 2.05) is 13.8 Å². The number of nitrogens with zero attached hydrogens (tertiary/aromatic N) is 1. The van der Waals surface area contributed by atoms with Gasteiger partial charge in [0.2, 0.25) is 0 Å². The van der Waals surface area contributed by atoms with E-state index in [9.17, 15) is 18.8 Å². The number of ketones is 1. The molecule has 3 aromatic rings. The summed E-state index contributed by atoms with van der Waals surface area (Å²) in [6, 6.07) is 11.6. The first-order valence-corrected chi connectivity index (χ1v) is 12.5. The van der Waals surface area contributed by atoms with Crippen molar-refractivity contribution in [1.29, 1.82) is 0 Å². The number of hydrogen-bond acceptors (Lipinski definition) is 6. The number of nitrogens with two attached hydrogens (primary N) is 1. The van der Waals surface area contributed by atoms with Crippen LogP contribution in [-0.4, -0.2) is 28.7 Å². The number of nitrogens with one attached hydrogen (secondary N) is 2. The average Bonchev–Trinajstić information content (AvgIpc) is 2.87. The number of rotatable bonds is 7. The molecule has 1 aliphatic rings. The lowest BCUT2D eigenvalue weighted by Crippen LogP contribution is -2.30. The Kier molecular flexibility index (Phi) is 11.5. The number of benzene rings is 2. The molecule has 12 heteroatoms. The van der Waals surface area contributed by atoms with E-state index in [-0.39, 0.29) is 59.3 Å². The molecule has 40 heavy (non-hydrogen) atoms. The SMILES string of the molecule is CC(C)(N)c1ccc(C(=O)Nc2ccc(F)cc2C(=O)Nc2ccc(Cl)cn2)c(OC2CCC(=O)CC2)c1.Cl.Cl. The van der Waals surface area contributed by atoms with Gasteiger partial charge < -0.3 is 21.1 Å². The lowest BCUT2D eigenvalue weighted by atomic mass is 9.93. The van der Waals surface area contributed by atoms with Gasteiger partial charge in [-0.05, 0) is 74.7 Å². The van der Waals surface area contributed by atoms with E-state index in [2.05, 4.69) is 15.6 Å². The molecule has 4 rings (SSSR count). The molecule has 1 saturated carbocycles. The third-order valence-electron chi connectivity index (χ3n) is 6.20. The van der Waals surface area contributed by atoms with Crippen LogP contribution in [-0.2, 0) is 10.3 Å². The van der Waals surface area contributed by atoms with Crippen molar-refractivity contribution >= 4 is 65.5 Å². The van der Waals surface area contributed by atoms with Crippen molar-refractivity contribution in [2.75, 3.05) is 10.6 Å². The summed E-state index contributed by atoms with van der Waals surface area (Å²) >= 11 is 5.84. The maximum Gasteiger partial charge on any atom is 0.259 e. The normalized spacial score (nSPS) is 13.5. The molecule has 0 bridgehead atoms. The fourth-order valence-corrected chi connectivity index (χ4v) is 4.17. The molecule has 2 amide bonds. The Morgan fingerprint density at radius 3 is 2.30 bits per heavy atom. The largest absolute Gasteiger partial charge is 0.490 e. The number of aromatic nitrogens is 1. The van der Waals surface area contributed by atoms with E-state index < -0.39 is 23.2 Å². The number of anilines is 2. The van der Waals surface area contributed by atoms with Crippen LogP contribution < -0.4 is 21.1 Å². The van der Waals surface area contributed by atoms with E-state index in [0.29, 0.717) is 36.5 Å². The van der Waals surface area contributed by atoms with Crippen molar-refractivity contribution in [3.8, 4) is 5.75 Å². The van der Waals surface area contributed by atoms with Crippen molar-refractivity contribution in [2.24, 2.45) is 5.73 Å². The Morgan fingerprint density at radius 1 is 1.00 bits per heavy atom. The van der Waals surface area contributed by atoms with Gasteiger partial charge in [0, 0.05) is 24.6 Å². The van der Waals surface area contributed by atoms with Gasteiger partial charge in [-0.3, -0.25) is 14.4 Å². The van der Waals surface area contributed by atoms with Gasteiger partial charge in [-0.25, -0.2) is 9.37 Å². The number of amides is 2. The molecule has 0 spiro atoms. The molecule has 0 saturated heterocycles. The molecular formula is C28H30Cl3FN4O4. The summed E-state index contributed by atoms with van der Waals surface area (Å²) in [5.41, 5.74) is 6.56. The average molecular weight is 612 g/mol. The number of Topliss-reactive ketones (excluding diaryl/α,β-unsaturated/α-hetero) is 1. The summed E-state index contributed by atoms with van der Waals surface area (Å²) in [7, 11) is 0. The highest BCUT2D eigenvalue weighted by molar-refractivity contribution is 6.30. The maximum absolute atomic E-state index is 14.1. The third-order valence-corrected chi connectivity index (χ3v) is 6.42. The third kappa shape index (κ3) is 8.38. The zero-order chi connectivity index (χ0) is 27.4. The van der Waals surface area contributed by atoms with Crippen molar-refractivity contribution in [3.05, 3.63) is 82.3 Å². The molecule has 214 valence electrons. The van der Waals surface area contributed by atoms with E-state index in [1.165, 1.54) is 18.3 Å². The lowest BCUT2D eigenvalue weighted by molar-refractivity contribution is -0.121. The van der Waals surface area contributed by atoms with Gasteiger partial charge in [0.25, 0.3) is 11.8 Å². The summed E-state index contributed by atoms with van der Waals surface area (Å²) < 4.78 is 20.3. The molecular weight excluding hydrogens is 582 g/mol. The quantitative estimate of drug-likeness (QED) is 0.288. The number of carbonyl (C=O) groups is 3. The molecule has 0 radical (unpaired) electrons. The predicted molar refractivity (Wildman–Crippen MR) is 158 cm³/mol. The Bertz CT molecular complexity index is 1370. The zero-order valence-corrected chi connectivity index (χ0v) is 24.2. The number of ether oxygens (including phenoxy) is 1. The molecule has 0 atom stereocenters. The van der Waals surface area contributed by atoms with Gasteiger partial charge in [0.1, 0.15) is 23.2 Å². The first-order valence-electron chi connectivity index (χ1n) is 12.1. The zero-order valence-electron chi connectivity index (χ0n) is 21.8. The molecule has 1 heterocycles. The van der Waals surface area contributed by atoms with Crippen LogP contribution in [0.4, 0.5) is 15.9 Å². The van der Waals surface area contributed by atoms with Crippen LogP contribution in [0.3, 0.4) is 0 Å². The minimum absolute atomic E-state index is 0. The molecule has 0 aliphatic heterocycles. The summed E-state index contributed by atoms with van der Waals surface area (Å²) in [5.74, 6) is -1.16. The van der Waals surface area contributed by atoms with Crippen molar-refractivity contribution in [1.82, 2.24) is 4.98 Å². The van der Waals surface area contributed by atoms with E-state index in [1.54, 1.807) is 24.3 Å². The minimum Gasteiger partial charge on any atom is -0.490 e. The summed E-state index contributed by atoms with van der Waals surface area (Å²) in [4.78, 5) is 42.0. The van der Waals surface area contributed by atoms with Gasteiger partial charge in [0.15, 0.2) is 0 Å². The van der Waals surface area contributed by atoms with Crippen molar-refractivity contribution in [3.63, 3.8) is 0 Å². The first-order chi connectivity index (χ1) is 18.0. The summed E-state index contributed by atoms with van der Waals surface area (Å²) in [6.45, 7) is 3.67. The Labute approximate surface area is 249 Å². The van der Waals surface area contributed by atoms with Gasteiger partial charge in [0.05, 0.1) is 27.9 Å². The van der Waals surface area contributed by atoms with Crippen LogP contribution >= 0.6 is 36.4 Å². The molecule has 0 unspecified atom stereocenters. The van der Waals surface area contributed by atoms with Gasteiger partial charge in [-0.2, -0.15) is 0 Å². The molecule has 1 aromatic heterocycles. The summed E-state index contributed by atoms with van der Waals surface area (Å²) in [6.07, 6.45) is 3.08. The second kappa shape index (κ2) is 13.9.